The summed E-state index contributed by atoms with van der Waals surface area (Å²) in [6.07, 6.45) is 0.300. The molecule has 2 heterocycles. The standard InChI is InChI=1S/C32H38N2O6/c35-34(36)29-31(39-23-27-17-9-3-10-18-27)30(38-22-26-15-7-2-8-16-26)28(24-37-21-25-13-5-1-6-14-25)40-32(29)33-19-11-4-12-20-33/h1-3,5-10,13-18,28-32H,4,11-12,19-24H2/t28-,29-,30-,31-,32-/m1/s1. The number of nitro groups is 1. The van der Waals surface area contributed by atoms with Gasteiger partial charge < -0.3 is 18.9 Å². The van der Waals surface area contributed by atoms with Crippen LogP contribution < -0.4 is 0 Å². The molecule has 5 atom stereocenters. The lowest BCUT2D eigenvalue weighted by molar-refractivity contribution is -0.569. The van der Waals surface area contributed by atoms with Gasteiger partial charge in [0, 0.05) is 18.0 Å². The maximum Gasteiger partial charge on any atom is 0.280 e. The van der Waals surface area contributed by atoms with Gasteiger partial charge in [0.05, 0.1) is 26.4 Å². The number of ether oxygens (including phenoxy) is 4. The largest absolute Gasteiger partial charge is 0.374 e. The minimum absolute atomic E-state index is 0.230. The zero-order valence-corrected chi connectivity index (χ0v) is 22.8. The monoisotopic (exact) mass is 546 g/mol. The van der Waals surface area contributed by atoms with Crippen LogP contribution in [-0.4, -0.2) is 60.1 Å². The Morgan fingerprint density at radius 2 is 1.23 bits per heavy atom. The van der Waals surface area contributed by atoms with Gasteiger partial charge in [0.25, 0.3) is 6.04 Å². The van der Waals surface area contributed by atoms with Crippen LogP contribution in [0.4, 0.5) is 0 Å². The molecule has 0 radical (unpaired) electrons. The third kappa shape index (κ3) is 7.53. The van der Waals surface area contributed by atoms with Crippen LogP contribution in [-0.2, 0) is 38.8 Å². The maximum atomic E-state index is 12.7. The second-order valence-corrected chi connectivity index (χ2v) is 10.5. The average molecular weight is 547 g/mol. The van der Waals surface area contributed by atoms with Crippen molar-refractivity contribution in [1.82, 2.24) is 4.90 Å². The highest BCUT2D eigenvalue weighted by molar-refractivity contribution is 5.15. The van der Waals surface area contributed by atoms with Crippen molar-refractivity contribution < 1.29 is 23.9 Å². The minimum Gasteiger partial charge on any atom is -0.374 e. The Labute approximate surface area is 236 Å². The number of nitrogens with zero attached hydrogens (tertiary/aromatic N) is 2. The summed E-state index contributed by atoms with van der Waals surface area (Å²) in [7, 11) is 0. The molecule has 40 heavy (non-hydrogen) atoms. The molecule has 8 nitrogen and oxygen atoms in total. The Morgan fingerprint density at radius 1 is 0.725 bits per heavy atom. The molecular formula is C32H38N2O6. The van der Waals surface area contributed by atoms with E-state index in [-0.39, 0.29) is 24.7 Å². The van der Waals surface area contributed by atoms with Crippen molar-refractivity contribution in [3.8, 4) is 0 Å². The van der Waals surface area contributed by atoms with Crippen molar-refractivity contribution in [2.24, 2.45) is 0 Å². The summed E-state index contributed by atoms with van der Waals surface area (Å²) in [5, 5.41) is 12.7. The van der Waals surface area contributed by atoms with Crippen molar-refractivity contribution in [3.63, 3.8) is 0 Å². The van der Waals surface area contributed by atoms with E-state index in [1.807, 2.05) is 91.0 Å². The van der Waals surface area contributed by atoms with Gasteiger partial charge in [-0.05, 0) is 29.5 Å². The normalized spacial score (nSPS) is 25.4. The van der Waals surface area contributed by atoms with Gasteiger partial charge in [-0.1, -0.05) is 97.4 Å². The van der Waals surface area contributed by atoms with Crippen LogP contribution in [0.5, 0.6) is 0 Å². The van der Waals surface area contributed by atoms with E-state index in [1.165, 1.54) is 0 Å². The molecule has 0 unspecified atom stereocenters. The fraction of sp³-hybridized carbons (Fsp3) is 0.438. The molecule has 2 aliphatic rings. The number of hydrogen-bond donors (Lipinski definition) is 0. The van der Waals surface area contributed by atoms with Gasteiger partial charge in [-0.25, -0.2) is 0 Å². The molecule has 0 aliphatic carbocycles. The average Bonchev–Trinajstić information content (AvgIpc) is 3.01. The summed E-state index contributed by atoms with van der Waals surface area (Å²) in [5.41, 5.74) is 2.97. The number of benzene rings is 3. The molecule has 0 spiro atoms. The predicted octanol–water partition coefficient (Wildman–Crippen LogP) is 5.23. The molecule has 0 saturated carbocycles. The summed E-state index contributed by atoms with van der Waals surface area (Å²) in [4.78, 5) is 14.6. The molecule has 3 aromatic carbocycles. The molecule has 0 bridgehead atoms. The maximum absolute atomic E-state index is 12.7. The lowest BCUT2D eigenvalue weighted by Gasteiger charge is -2.46. The molecule has 5 rings (SSSR count). The zero-order chi connectivity index (χ0) is 27.6. The first kappa shape index (κ1) is 28.4. The van der Waals surface area contributed by atoms with Crippen LogP contribution in [0.15, 0.2) is 91.0 Å². The Kier molecular flexibility index (Phi) is 10.3. The molecule has 0 amide bonds. The highest BCUT2D eigenvalue weighted by Crippen LogP contribution is 2.32. The highest BCUT2D eigenvalue weighted by Gasteiger charge is 2.56. The van der Waals surface area contributed by atoms with Gasteiger partial charge in [0.15, 0.2) is 12.3 Å². The molecule has 2 aliphatic heterocycles. The molecule has 212 valence electrons. The van der Waals surface area contributed by atoms with Crippen LogP contribution in [0.25, 0.3) is 0 Å². The fourth-order valence-electron chi connectivity index (χ4n) is 5.53. The molecule has 0 N–H and O–H groups in total. The third-order valence-corrected chi connectivity index (χ3v) is 7.59. The number of likely N-dealkylation sites (tertiary alicyclic amines) is 1. The van der Waals surface area contributed by atoms with Gasteiger partial charge in [-0.2, -0.15) is 0 Å². The van der Waals surface area contributed by atoms with Crippen molar-refractivity contribution in [2.75, 3.05) is 19.7 Å². The van der Waals surface area contributed by atoms with Gasteiger partial charge >= 0.3 is 0 Å². The molecule has 2 saturated heterocycles. The zero-order valence-electron chi connectivity index (χ0n) is 22.8. The van der Waals surface area contributed by atoms with E-state index in [0.29, 0.717) is 6.61 Å². The molecule has 0 aromatic heterocycles. The van der Waals surface area contributed by atoms with Crippen LogP contribution in [0.1, 0.15) is 36.0 Å². The molecule has 8 heteroatoms. The lowest BCUT2D eigenvalue weighted by Crippen LogP contribution is -2.67. The van der Waals surface area contributed by atoms with Crippen LogP contribution in [0.2, 0.25) is 0 Å². The van der Waals surface area contributed by atoms with Crippen LogP contribution >= 0.6 is 0 Å². The second kappa shape index (κ2) is 14.5. The smallest absolute Gasteiger partial charge is 0.280 e. The summed E-state index contributed by atoms with van der Waals surface area (Å²) in [6, 6.07) is 28.4. The first-order chi connectivity index (χ1) is 19.7. The van der Waals surface area contributed by atoms with E-state index in [9.17, 15) is 10.1 Å². The Bertz CT molecular complexity index is 1160. The number of hydrogen-bond acceptors (Lipinski definition) is 7. The van der Waals surface area contributed by atoms with E-state index in [2.05, 4.69) is 4.90 Å². The summed E-state index contributed by atoms with van der Waals surface area (Å²) >= 11 is 0. The second-order valence-electron chi connectivity index (χ2n) is 10.5. The summed E-state index contributed by atoms with van der Waals surface area (Å²) < 4.78 is 25.6. The van der Waals surface area contributed by atoms with Gasteiger partial charge in [0.1, 0.15) is 12.2 Å². The van der Waals surface area contributed by atoms with Gasteiger partial charge in [-0.15, -0.1) is 0 Å². The lowest BCUT2D eigenvalue weighted by atomic mass is 9.94. The van der Waals surface area contributed by atoms with Crippen molar-refractivity contribution in [2.45, 2.75) is 69.7 Å². The minimum atomic E-state index is -1.10. The quantitative estimate of drug-likeness (QED) is 0.227. The van der Waals surface area contributed by atoms with E-state index in [1.54, 1.807) is 0 Å². The highest BCUT2D eigenvalue weighted by atomic mass is 16.7. The number of piperidine rings is 1. The van der Waals surface area contributed by atoms with Crippen molar-refractivity contribution in [3.05, 3.63) is 118 Å². The predicted molar refractivity (Wildman–Crippen MR) is 151 cm³/mol. The van der Waals surface area contributed by atoms with Gasteiger partial charge in [0.2, 0.25) is 0 Å². The van der Waals surface area contributed by atoms with Crippen LogP contribution in [0.3, 0.4) is 0 Å². The van der Waals surface area contributed by atoms with Crippen LogP contribution in [0, 0.1) is 10.1 Å². The summed E-state index contributed by atoms with van der Waals surface area (Å²) in [6.45, 7) is 2.68. The molecule has 3 aromatic rings. The topological polar surface area (TPSA) is 83.3 Å². The fourth-order valence-corrected chi connectivity index (χ4v) is 5.53. The third-order valence-electron chi connectivity index (χ3n) is 7.59. The van der Waals surface area contributed by atoms with Gasteiger partial charge in [-0.3, -0.25) is 15.0 Å². The Balaban J connectivity index is 1.42. The molecule has 2 fully saturated rings. The first-order valence-corrected chi connectivity index (χ1v) is 14.1. The van der Waals surface area contributed by atoms with E-state index < -0.39 is 30.6 Å². The van der Waals surface area contributed by atoms with Crippen molar-refractivity contribution >= 4 is 0 Å². The van der Waals surface area contributed by atoms with E-state index >= 15 is 0 Å². The van der Waals surface area contributed by atoms with E-state index in [4.69, 9.17) is 18.9 Å². The number of rotatable bonds is 12. The van der Waals surface area contributed by atoms with E-state index in [0.717, 1.165) is 49.0 Å². The van der Waals surface area contributed by atoms with Crippen molar-refractivity contribution in [1.29, 1.82) is 0 Å². The summed E-state index contributed by atoms with van der Waals surface area (Å²) in [5.74, 6) is 0. The first-order valence-electron chi connectivity index (χ1n) is 14.1. The SMILES string of the molecule is O=[N+]([O-])[C@@H]1[C@@H](OCc2ccccc2)[C@H](OCc2ccccc2)[C@@H](COCc2ccccc2)O[C@H]1N1CCCCC1. The Morgan fingerprint density at radius 3 is 1.75 bits per heavy atom. The molecular weight excluding hydrogens is 508 g/mol. The Hall–Kier alpha value is -3.14.